The summed E-state index contributed by atoms with van der Waals surface area (Å²) in [6.45, 7) is 3.54. The third kappa shape index (κ3) is 7.04. The van der Waals surface area contributed by atoms with Crippen molar-refractivity contribution in [3.05, 3.63) is 29.8 Å². The molecule has 0 saturated heterocycles. The van der Waals surface area contributed by atoms with Gasteiger partial charge in [-0.3, -0.25) is 4.79 Å². The van der Waals surface area contributed by atoms with Crippen LogP contribution in [-0.4, -0.2) is 25.0 Å². The summed E-state index contributed by atoms with van der Waals surface area (Å²) in [6, 6.07) is 6.14. The van der Waals surface area contributed by atoms with Gasteiger partial charge in [0.15, 0.2) is 0 Å². The summed E-state index contributed by atoms with van der Waals surface area (Å²) >= 11 is 0. The summed E-state index contributed by atoms with van der Waals surface area (Å²) < 4.78 is 29.1. The second-order valence-corrected chi connectivity index (χ2v) is 4.98. The zero-order valence-corrected chi connectivity index (χ0v) is 13.5. The number of hydrogen-bond acceptors (Lipinski definition) is 3. The van der Waals surface area contributed by atoms with Crippen LogP contribution in [0.3, 0.4) is 0 Å². The Bertz CT molecular complexity index is 461. The van der Waals surface area contributed by atoms with Crippen molar-refractivity contribution in [3.63, 3.8) is 0 Å². The first kappa shape index (κ1) is 20.6. The van der Waals surface area contributed by atoms with Gasteiger partial charge >= 0.3 is 0 Å². The van der Waals surface area contributed by atoms with Gasteiger partial charge in [0.2, 0.25) is 5.91 Å². The second kappa shape index (κ2) is 10.3. The van der Waals surface area contributed by atoms with Crippen LogP contribution in [-0.2, 0) is 11.3 Å². The molecule has 0 saturated carbocycles. The number of ether oxygens (including phenoxy) is 1. The fraction of sp³-hybridized carbons (Fsp3) is 0.533. The van der Waals surface area contributed by atoms with Crippen LogP contribution in [0.15, 0.2) is 24.3 Å². The third-order valence-electron chi connectivity index (χ3n) is 3.30. The largest absolute Gasteiger partial charge is 0.488 e. The highest BCUT2D eigenvalue weighted by Crippen LogP contribution is 2.14. The van der Waals surface area contributed by atoms with Gasteiger partial charge < -0.3 is 15.8 Å². The molecule has 3 N–H and O–H groups in total. The molecule has 4 nitrogen and oxygen atoms in total. The van der Waals surface area contributed by atoms with Crippen molar-refractivity contribution in [1.29, 1.82) is 0 Å². The Balaban J connectivity index is 0.00000441. The summed E-state index contributed by atoms with van der Waals surface area (Å²) in [7, 11) is 0. The van der Waals surface area contributed by atoms with Crippen molar-refractivity contribution in [2.24, 2.45) is 11.7 Å². The first-order chi connectivity index (χ1) is 9.93. The van der Waals surface area contributed by atoms with E-state index in [2.05, 4.69) is 5.32 Å². The molecule has 0 bridgehead atoms. The van der Waals surface area contributed by atoms with E-state index in [-0.39, 0.29) is 30.8 Å². The molecule has 0 spiro atoms. The van der Waals surface area contributed by atoms with Gasteiger partial charge in [-0.15, -0.1) is 12.4 Å². The predicted molar refractivity (Wildman–Crippen MR) is 84.5 cm³/mol. The van der Waals surface area contributed by atoms with Crippen molar-refractivity contribution < 1.29 is 18.3 Å². The minimum atomic E-state index is -2.51. The SMILES string of the molecule is CCC(C)C(N)C(=O)NCc1cccc(OCC(F)F)c1.Cl. The topological polar surface area (TPSA) is 64.4 Å². The van der Waals surface area contributed by atoms with E-state index >= 15 is 0 Å². The van der Waals surface area contributed by atoms with E-state index in [9.17, 15) is 13.6 Å². The number of nitrogens with two attached hydrogens (primary N) is 1. The number of carbonyl (C=O) groups excluding carboxylic acids is 1. The molecule has 0 aliphatic heterocycles. The Morgan fingerprint density at radius 1 is 1.41 bits per heavy atom. The lowest BCUT2D eigenvalue weighted by molar-refractivity contribution is -0.123. The number of rotatable bonds is 8. The minimum Gasteiger partial charge on any atom is -0.488 e. The summed E-state index contributed by atoms with van der Waals surface area (Å²) in [5.74, 6) is 0.238. The molecule has 1 aromatic carbocycles. The lowest BCUT2D eigenvalue weighted by atomic mass is 9.99. The van der Waals surface area contributed by atoms with Crippen LogP contribution in [0, 0.1) is 5.92 Å². The molecule has 0 aromatic heterocycles. The number of alkyl halides is 2. The van der Waals surface area contributed by atoms with Gasteiger partial charge in [0.05, 0.1) is 6.04 Å². The Kier molecular flexibility index (Phi) is 9.69. The lowest BCUT2D eigenvalue weighted by Gasteiger charge is -2.17. The number of carbonyl (C=O) groups is 1. The normalized spacial score (nSPS) is 13.2. The van der Waals surface area contributed by atoms with E-state index in [0.29, 0.717) is 5.75 Å². The molecule has 1 aromatic rings. The molecule has 1 rings (SSSR count). The molecule has 0 heterocycles. The molecule has 126 valence electrons. The molecule has 0 aliphatic rings. The van der Waals surface area contributed by atoms with Crippen LogP contribution < -0.4 is 15.8 Å². The molecule has 22 heavy (non-hydrogen) atoms. The smallest absolute Gasteiger partial charge is 0.272 e. The van der Waals surface area contributed by atoms with E-state index in [1.807, 2.05) is 13.8 Å². The van der Waals surface area contributed by atoms with E-state index < -0.39 is 19.1 Å². The van der Waals surface area contributed by atoms with Crippen LogP contribution in [0.2, 0.25) is 0 Å². The first-order valence-electron chi connectivity index (χ1n) is 6.97. The van der Waals surface area contributed by atoms with Gasteiger partial charge in [-0.2, -0.15) is 0 Å². The van der Waals surface area contributed by atoms with Gasteiger partial charge in [-0.05, 0) is 23.6 Å². The summed E-state index contributed by atoms with van der Waals surface area (Å²) in [6.07, 6.45) is -1.69. The van der Waals surface area contributed by atoms with Crippen molar-refractivity contribution in [1.82, 2.24) is 5.32 Å². The standard InChI is InChI=1S/C15H22F2N2O2.ClH/c1-3-10(2)14(18)15(20)19-8-11-5-4-6-12(7-11)21-9-13(16)17;/h4-7,10,13-14H,3,8-9,18H2,1-2H3,(H,19,20);1H. The number of halogens is 3. The Morgan fingerprint density at radius 3 is 2.68 bits per heavy atom. The molecule has 0 aliphatic carbocycles. The van der Waals surface area contributed by atoms with Gasteiger partial charge in [0.25, 0.3) is 6.43 Å². The van der Waals surface area contributed by atoms with Crippen LogP contribution >= 0.6 is 12.4 Å². The monoisotopic (exact) mass is 336 g/mol. The fourth-order valence-electron chi connectivity index (χ4n) is 1.72. The Labute approximate surface area is 135 Å². The van der Waals surface area contributed by atoms with Gasteiger partial charge in [-0.1, -0.05) is 32.4 Å². The van der Waals surface area contributed by atoms with Crippen molar-refractivity contribution in [2.75, 3.05) is 6.61 Å². The minimum absolute atomic E-state index is 0. The average molecular weight is 337 g/mol. The molecule has 2 unspecified atom stereocenters. The van der Waals surface area contributed by atoms with Crippen LogP contribution in [0.1, 0.15) is 25.8 Å². The fourth-order valence-corrected chi connectivity index (χ4v) is 1.72. The van der Waals surface area contributed by atoms with Gasteiger partial charge in [-0.25, -0.2) is 8.78 Å². The quantitative estimate of drug-likeness (QED) is 0.767. The van der Waals surface area contributed by atoms with Crippen LogP contribution in [0.5, 0.6) is 5.75 Å². The van der Waals surface area contributed by atoms with E-state index in [1.54, 1.807) is 24.3 Å². The molecule has 0 fully saturated rings. The zero-order chi connectivity index (χ0) is 15.8. The zero-order valence-electron chi connectivity index (χ0n) is 12.7. The molecular formula is C15H23ClF2N2O2. The van der Waals surface area contributed by atoms with Crippen molar-refractivity contribution >= 4 is 18.3 Å². The van der Waals surface area contributed by atoms with Crippen molar-refractivity contribution in [3.8, 4) is 5.75 Å². The van der Waals surface area contributed by atoms with E-state index in [4.69, 9.17) is 10.5 Å². The average Bonchev–Trinajstić information content (AvgIpc) is 2.49. The second-order valence-electron chi connectivity index (χ2n) is 4.98. The van der Waals surface area contributed by atoms with Crippen LogP contribution in [0.4, 0.5) is 8.78 Å². The number of nitrogens with one attached hydrogen (secondary N) is 1. The predicted octanol–water partition coefficient (Wildman–Crippen LogP) is 2.74. The molecule has 7 heteroatoms. The molecule has 2 atom stereocenters. The summed E-state index contributed by atoms with van der Waals surface area (Å²) in [4.78, 5) is 11.9. The van der Waals surface area contributed by atoms with E-state index in [1.165, 1.54) is 0 Å². The summed E-state index contributed by atoms with van der Waals surface area (Å²) in [5, 5.41) is 2.74. The maximum absolute atomic E-state index is 12.1. The van der Waals surface area contributed by atoms with E-state index in [0.717, 1.165) is 12.0 Å². The highest BCUT2D eigenvalue weighted by molar-refractivity contribution is 5.85. The first-order valence-corrected chi connectivity index (χ1v) is 6.97. The maximum Gasteiger partial charge on any atom is 0.272 e. The summed E-state index contributed by atoms with van der Waals surface area (Å²) in [5.41, 5.74) is 6.60. The Hall–Kier alpha value is -1.40. The molecular weight excluding hydrogens is 314 g/mol. The number of amides is 1. The highest BCUT2D eigenvalue weighted by atomic mass is 35.5. The molecule has 0 radical (unpaired) electrons. The maximum atomic E-state index is 12.1. The number of hydrogen-bond donors (Lipinski definition) is 2. The highest BCUT2D eigenvalue weighted by Gasteiger charge is 2.18. The Morgan fingerprint density at radius 2 is 2.09 bits per heavy atom. The lowest BCUT2D eigenvalue weighted by Crippen LogP contribution is -2.44. The number of benzene rings is 1. The van der Waals surface area contributed by atoms with Gasteiger partial charge in [0, 0.05) is 6.54 Å². The van der Waals surface area contributed by atoms with Crippen molar-refractivity contribution in [2.45, 2.75) is 39.3 Å². The third-order valence-corrected chi connectivity index (χ3v) is 3.30. The van der Waals surface area contributed by atoms with Gasteiger partial charge in [0.1, 0.15) is 12.4 Å². The van der Waals surface area contributed by atoms with Crippen LogP contribution in [0.25, 0.3) is 0 Å². The molecule has 1 amide bonds.